The van der Waals surface area contributed by atoms with Gasteiger partial charge >= 0.3 is 0 Å². The molecule has 196 valence electrons. The van der Waals surface area contributed by atoms with E-state index in [0.717, 1.165) is 27.9 Å². The molecule has 0 aliphatic carbocycles. The first-order valence-electron chi connectivity index (χ1n) is 12.0. The number of rotatable bonds is 8. The van der Waals surface area contributed by atoms with Crippen molar-refractivity contribution in [3.05, 3.63) is 86.8 Å². The molecule has 0 saturated carbocycles. The Morgan fingerprint density at radius 3 is 2.47 bits per heavy atom. The summed E-state index contributed by atoms with van der Waals surface area (Å²) < 4.78 is 12.0. The molecule has 4 rings (SSSR count). The van der Waals surface area contributed by atoms with Gasteiger partial charge in [0.2, 0.25) is 0 Å². The van der Waals surface area contributed by atoms with Gasteiger partial charge in [-0.3, -0.25) is 14.5 Å². The van der Waals surface area contributed by atoms with Gasteiger partial charge in [-0.1, -0.05) is 53.8 Å². The van der Waals surface area contributed by atoms with Gasteiger partial charge in [0.15, 0.2) is 22.4 Å². The van der Waals surface area contributed by atoms with Crippen LogP contribution in [0.4, 0.5) is 11.4 Å². The Balaban J connectivity index is 1.48. The van der Waals surface area contributed by atoms with E-state index in [0.29, 0.717) is 38.0 Å². The van der Waals surface area contributed by atoms with E-state index in [9.17, 15) is 9.59 Å². The fourth-order valence-corrected chi connectivity index (χ4v) is 5.20. The summed E-state index contributed by atoms with van der Waals surface area (Å²) in [5.41, 5.74) is 5.26. The van der Waals surface area contributed by atoms with Crippen molar-refractivity contribution >= 4 is 69.2 Å². The zero-order valence-corrected chi connectivity index (χ0v) is 23.9. The molecule has 0 radical (unpaired) electrons. The standard InChI is InChI=1S/C29H27ClN2O4S2/c1-5-35-25-13-20(8-11-24(25)36-16-27(33)31-21-9-6-18(3)23(30)15-21)14-26-28(34)32(29(37)38-26)22-10-7-17(2)19(4)12-22/h6-15H,5,16H2,1-4H3,(H,31,33)/b26-14-. The number of benzene rings is 3. The quantitative estimate of drug-likeness (QED) is 0.232. The number of nitrogens with one attached hydrogen (secondary N) is 1. The average molecular weight is 567 g/mol. The Morgan fingerprint density at radius 1 is 1.00 bits per heavy atom. The molecule has 6 nitrogen and oxygen atoms in total. The first-order chi connectivity index (χ1) is 18.2. The first kappa shape index (κ1) is 27.7. The minimum Gasteiger partial charge on any atom is -0.490 e. The number of amides is 2. The van der Waals surface area contributed by atoms with Crippen LogP contribution in [-0.4, -0.2) is 29.3 Å². The normalized spacial score (nSPS) is 14.2. The second-order valence-electron chi connectivity index (χ2n) is 8.73. The predicted octanol–water partition coefficient (Wildman–Crippen LogP) is 7.09. The molecule has 1 heterocycles. The van der Waals surface area contributed by atoms with Crippen LogP contribution in [0.2, 0.25) is 5.02 Å². The lowest BCUT2D eigenvalue weighted by Crippen LogP contribution is -2.27. The van der Waals surface area contributed by atoms with Crippen molar-refractivity contribution in [1.82, 2.24) is 0 Å². The zero-order valence-electron chi connectivity index (χ0n) is 21.5. The molecule has 1 fully saturated rings. The molecular weight excluding hydrogens is 540 g/mol. The van der Waals surface area contributed by atoms with Crippen LogP contribution in [0.25, 0.3) is 6.08 Å². The third-order valence-electron chi connectivity index (χ3n) is 5.92. The highest BCUT2D eigenvalue weighted by atomic mass is 35.5. The molecule has 0 aromatic heterocycles. The number of thiocarbonyl (C=S) groups is 1. The maximum Gasteiger partial charge on any atom is 0.270 e. The number of ether oxygens (including phenoxy) is 2. The summed E-state index contributed by atoms with van der Waals surface area (Å²) in [7, 11) is 0. The highest BCUT2D eigenvalue weighted by molar-refractivity contribution is 8.27. The molecule has 3 aromatic rings. The average Bonchev–Trinajstić information content (AvgIpc) is 3.15. The third-order valence-corrected chi connectivity index (χ3v) is 7.63. The SMILES string of the molecule is CCOc1cc(/C=C2\SC(=S)N(c3ccc(C)c(C)c3)C2=O)ccc1OCC(=O)Nc1ccc(C)c(Cl)c1. The number of carbonyl (C=O) groups is 2. The van der Waals surface area contributed by atoms with Crippen LogP contribution in [-0.2, 0) is 9.59 Å². The molecule has 0 atom stereocenters. The Morgan fingerprint density at radius 2 is 1.76 bits per heavy atom. The number of aryl methyl sites for hydroxylation is 3. The van der Waals surface area contributed by atoms with E-state index in [1.807, 2.05) is 52.0 Å². The molecule has 0 bridgehead atoms. The van der Waals surface area contributed by atoms with E-state index < -0.39 is 0 Å². The summed E-state index contributed by atoms with van der Waals surface area (Å²) >= 11 is 12.9. The molecule has 1 N–H and O–H groups in total. The number of carbonyl (C=O) groups excluding carboxylic acids is 2. The molecule has 1 aliphatic heterocycles. The molecule has 0 spiro atoms. The van der Waals surface area contributed by atoms with Crippen LogP contribution in [0.1, 0.15) is 29.2 Å². The van der Waals surface area contributed by atoms with Crippen LogP contribution in [0, 0.1) is 20.8 Å². The van der Waals surface area contributed by atoms with E-state index in [-0.39, 0.29) is 18.4 Å². The lowest BCUT2D eigenvalue weighted by atomic mass is 10.1. The van der Waals surface area contributed by atoms with Crippen LogP contribution >= 0.6 is 35.6 Å². The van der Waals surface area contributed by atoms with Crippen molar-refractivity contribution < 1.29 is 19.1 Å². The predicted molar refractivity (Wildman–Crippen MR) is 159 cm³/mol. The lowest BCUT2D eigenvalue weighted by molar-refractivity contribution is -0.118. The maximum atomic E-state index is 13.2. The molecule has 3 aromatic carbocycles. The summed E-state index contributed by atoms with van der Waals surface area (Å²) in [5, 5.41) is 3.34. The van der Waals surface area contributed by atoms with E-state index in [1.54, 1.807) is 41.3 Å². The smallest absolute Gasteiger partial charge is 0.270 e. The summed E-state index contributed by atoms with van der Waals surface area (Å²) in [6.07, 6.45) is 1.78. The largest absolute Gasteiger partial charge is 0.490 e. The van der Waals surface area contributed by atoms with Crippen molar-refractivity contribution in [2.75, 3.05) is 23.4 Å². The fourth-order valence-electron chi connectivity index (χ4n) is 3.72. The number of anilines is 2. The fraction of sp³-hybridized carbons (Fsp3) is 0.207. The molecule has 9 heteroatoms. The Kier molecular flexibility index (Phi) is 8.76. The lowest BCUT2D eigenvalue weighted by Gasteiger charge is -2.16. The second kappa shape index (κ2) is 12.0. The zero-order chi connectivity index (χ0) is 27.4. The first-order valence-corrected chi connectivity index (χ1v) is 13.6. The van der Waals surface area contributed by atoms with Crippen LogP contribution in [0.15, 0.2) is 59.5 Å². The minimum atomic E-state index is -0.327. The molecular formula is C29H27ClN2O4S2. The summed E-state index contributed by atoms with van der Waals surface area (Å²) in [5.74, 6) is 0.390. The van der Waals surface area contributed by atoms with Crippen molar-refractivity contribution in [2.24, 2.45) is 0 Å². The number of thioether (sulfide) groups is 1. The van der Waals surface area contributed by atoms with Gasteiger partial charge in [0.05, 0.1) is 17.2 Å². The van der Waals surface area contributed by atoms with Gasteiger partial charge in [0, 0.05) is 10.7 Å². The monoisotopic (exact) mass is 566 g/mol. The number of halogens is 1. The third kappa shape index (κ3) is 6.38. The van der Waals surface area contributed by atoms with Gasteiger partial charge in [-0.15, -0.1) is 0 Å². The van der Waals surface area contributed by atoms with Gasteiger partial charge in [-0.05, 0) is 92.4 Å². The second-order valence-corrected chi connectivity index (χ2v) is 10.8. The molecule has 1 aliphatic rings. The van der Waals surface area contributed by atoms with E-state index >= 15 is 0 Å². The Bertz CT molecular complexity index is 1450. The highest BCUT2D eigenvalue weighted by Crippen LogP contribution is 2.38. The topological polar surface area (TPSA) is 67.9 Å². The number of hydrogen-bond acceptors (Lipinski definition) is 6. The summed E-state index contributed by atoms with van der Waals surface area (Å²) in [6.45, 7) is 7.98. The van der Waals surface area contributed by atoms with Crippen molar-refractivity contribution in [3.8, 4) is 11.5 Å². The molecule has 0 unspecified atom stereocenters. The maximum absolute atomic E-state index is 13.2. The molecule has 1 saturated heterocycles. The van der Waals surface area contributed by atoms with Crippen LogP contribution in [0.3, 0.4) is 0 Å². The van der Waals surface area contributed by atoms with E-state index in [2.05, 4.69) is 5.32 Å². The van der Waals surface area contributed by atoms with Crippen molar-refractivity contribution in [2.45, 2.75) is 27.7 Å². The molecule has 2 amide bonds. The highest BCUT2D eigenvalue weighted by Gasteiger charge is 2.33. The van der Waals surface area contributed by atoms with Gasteiger partial charge in [0.25, 0.3) is 11.8 Å². The molecule has 38 heavy (non-hydrogen) atoms. The Labute approximate surface area is 237 Å². The van der Waals surface area contributed by atoms with Crippen molar-refractivity contribution in [1.29, 1.82) is 0 Å². The number of hydrogen-bond donors (Lipinski definition) is 1. The van der Waals surface area contributed by atoms with Gasteiger partial charge in [-0.25, -0.2) is 0 Å². The van der Waals surface area contributed by atoms with E-state index in [4.69, 9.17) is 33.3 Å². The number of nitrogens with zero attached hydrogens (tertiary/aromatic N) is 1. The summed E-state index contributed by atoms with van der Waals surface area (Å²) in [6, 6.07) is 16.5. The Hall–Kier alpha value is -3.33. The minimum absolute atomic E-state index is 0.172. The van der Waals surface area contributed by atoms with Gasteiger partial charge in [0.1, 0.15) is 0 Å². The van der Waals surface area contributed by atoms with Gasteiger partial charge in [-0.2, -0.15) is 0 Å². The van der Waals surface area contributed by atoms with Crippen LogP contribution < -0.4 is 19.7 Å². The van der Waals surface area contributed by atoms with Crippen molar-refractivity contribution in [3.63, 3.8) is 0 Å². The summed E-state index contributed by atoms with van der Waals surface area (Å²) in [4.78, 5) is 27.7. The van der Waals surface area contributed by atoms with Gasteiger partial charge < -0.3 is 14.8 Å². The van der Waals surface area contributed by atoms with E-state index in [1.165, 1.54) is 11.8 Å². The van der Waals surface area contributed by atoms with Crippen LogP contribution in [0.5, 0.6) is 11.5 Å².